The first kappa shape index (κ1) is 23.3. The number of rotatable bonds is 9. The predicted octanol–water partition coefficient (Wildman–Crippen LogP) is 7.84. The molecule has 0 aliphatic rings. The van der Waals surface area contributed by atoms with E-state index in [4.69, 9.17) is 9.47 Å². The van der Waals surface area contributed by atoms with Gasteiger partial charge in [0.1, 0.15) is 24.7 Å². The number of aryl methyl sites for hydroxylation is 1. The van der Waals surface area contributed by atoms with Gasteiger partial charge in [0.05, 0.1) is 5.69 Å². The van der Waals surface area contributed by atoms with E-state index in [9.17, 15) is 0 Å². The van der Waals surface area contributed by atoms with E-state index < -0.39 is 0 Å². The van der Waals surface area contributed by atoms with Crippen LogP contribution in [0.25, 0.3) is 12.2 Å². The second-order valence-corrected chi connectivity index (χ2v) is 8.67. The van der Waals surface area contributed by atoms with Crippen LogP contribution in [0, 0.1) is 6.92 Å². The zero-order chi connectivity index (χ0) is 23.8. The number of hydrogen-bond donors (Lipinski definition) is 0. The minimum atomic E-state index is 0.244. The van der Waals surface area contributed by atoms with Crippen molar-refractivity contribution in [2.24, 2.45) is 0 Å². The molecule has 34 heavy (non-hydrogen) atoms. The zero-order valence-electron chi connectivity index (χ0n) is 20.1. The minimum absolute atomic E-state index is 0.244. The van der Waals surface area contributed by atoms with Gasteiger partial charge < -0.3 is 9.47 Å². The molecular formula is C31H31NO2. The summed E-state index contributed by atoms with van der Waals surface area (Å²) in [6.45, 7) is 7.36. The van der Waals surface area contributed by atoms with Gasteiger partial charge in [0.25, 0.3) is 0 Å². The summed E-state index contributed by atoms with van der Waals surface area (Å²) < 4.78 is 12.7. The largest absolute Gasteiger partial charge is 0.488 e. The molecule has 0 unspecified atom stereocenters. The smallest absolute Gasteiger partial charge is 0.127 e. The zero-order valence-corrected chi connectivity index (χ0v) is 20.1. The molecule has 0 aliphatic carbocycles. The maximum atomic E-state index is 6.36. The first-order valence-electron chi connectivity index (χ1n) is 11.7. The summed E-state index contributed by atoms with van der Waals surface area (Å²) in [5.41, 5.74) is 6.28. The number of benzene rings is 3. The average molecular weight is 450 g/mol. The molecule has 0 saturated heterocycles. The highest BCUT2D eigenvalue weighted by molar-refractivity contribution is 5.71. The van der Waals surface area contributed by atoms with Crippen molar-refractivity contribution in [1.29, 1.82) is 0 Å². The van der Waals surface area contributed by atoms with Crippen LogP contribution in [-0.2, 0) is 13.2 Å². The van der Waals surface area contributed by atoms with Gasteiger partial charge in [-0.25, -0.2) is 0 Å². The monoisotopic (exact) mass is 449 g/mol. The molecule has 0 spiro atoms. The first-order valence-corrected chi connectivity index (χ1v) is 11.7. The summed E-state index contributed by atoms with van der Waals surface area (Å²) in [5, 5.41) is 0. The molecule has 0 fully saturated rings. The average Bonchev–Trinajstić information content (AvgIpc) is 2.86. The molecule has 3 heteroatoms. The van der Waals surface area contributed by atoms with E-state index in [1.54, 1.807) is 0 Å². The number of nitrogens with zero attached hydrogens (tertiary/aromatic N) is 1. The quantitative estimate of drug-likeness (QED) is 0.261. The van der Waals surface area contributed by atoms with Crippen molar-refractivity contribution in [1.82, 2.24) is 4.98 Å². The van der Waals surface area contributed by atoms with Crippen LogP contribution in [0.2, 0.25) is 0 Å². The van der Waals surface area contributed by atoms with Crippen LogP contribution in [0.4, 0.5) is 0 Å². The highest BCUT2D eigenvalue weighted by atomic mass is 16.5. The Balaban J connectivity index is 1.68. The van der Waals surface area contributed by atoms with E-state index in [1.807, 2.05) is 67.6 Å². The van der Waals surface area contributed by atoms with Crippen molar-refractivity contribution < 1.29 is 9.47 Å². The second kappa shape index (κ2) is 11.3. The number of ether oxygens (including phenoxy) is 2. The van der Waals surface area contributed by atoms with Gasteiger partial charge >= 0.3 is 0 Å². The molecule has 172 valence electrons. The molecule has 0 saturated carbocycles. The van der Waals surface area contributed by atoms with Gasteiger partial charge in [-0.15, -0.1) is 0 Å². The van der Waals surface area contributed by atoms with Gasteiger partial charge in [0, 0.05) is 11.3 Å². The fraction of sp³-hybridized carbons (Fsp3) is 0.194. The second-order valence-electron chi connectivity index (χ2n) is 8.67. The third kappa shape index (κ3) is 6.35. The van der Waals surface area contributed by atoms with E-state index in [0.717, 1.165) is 45.1 Å². The number of hydrogen-bond acceptors (Lipinski definition) is 3. The summed E-state index contributed by atoms with van der Waals surface area (Å²) in [7, 11) is 0. The van der Waals surface area contributed by atoms with E-state index in [0.29, 0.717) is 13.2 Å². The summed E-state index contributed by atoms with van der Waals surface area (Å²) in [5.74, 6) is 1.94. The molecule has 0 radical (unpaired) electrons. The SMILES string of the molecule is Cc1cccc(/C=C/c2cc(OCc3ccccc3)c(C(C)C)c(OCc3ccccc3)c2)n1. The standard InChI is InChI=1S/C31H31NO2/c1-23(2)31-29(33-21-25-12-6-4-7-13-25)19-27(17-18-28-16-10-11-24(3)32-28)20-30(31)34-22-26-14-8-5-9-15-26/h4-20,23H,21-22H2,1-3H3/b18-17+. The molecule has 0 bridgehead atoms. The molecule has 4 aromatic rings. The van der Waals surface area contributed by atoms with Crippen LogP contribution in [-0.4, -0.2) is 4.98 Å². The van der Waals surface area contributed by atoms with Gasteiger partial charge in [-0.05, 0) is 59.9 Å². The lowest BCUT2D eigenvalue weighted by molar-refractivity contribution is 0.282. The van der Waals surface area contributed by atoms with E-state index in [1.165, 1.54) is 0 Å². The molecule has 1 heterocycles. The highest BCUT2D eigenvalue weighted by Gasteiger charge is 2.17. The Morgan fingerprint density at radius 3 is 1.76 bits per heavy atom. The van der Waals surface area contributed by atoms with E-state index in [2.05, 4.69) is 61.3 Å². The van der Waals surface area contributed by atoms with Gasteiger partial charge in [0.2, 0.25) is 0 Å². The predicted molar refractivity (Wildman–Crippen MR) is 140 cm³/mol. The summed E-state index contributed by atoms with van der Waals surface area (Å²) in [6.07, 6.45) is 4.09. The maximum absolute atomic E-state index is 6.36. The van der Waals surface area contributed by atoms with Crippen LogP contribution < -0.4 is 9.47 Å². The number of aromatic nitrogens is 1. The highest BCUT2D eigenvalue weighted by Crippen LogP contribution is 2.38. The topological polar surface area (TPSA) is 31.4 Å². The van der Waals surface area contributed by atoms with Crippen molar-refractivity contribution in [2.45, 2.75) is 39.9 Å². The normalized spacial score (nSPS) is 11.2. The van der Waals surface area contributed by atoms with Crippen molar-refractivity contribution in [2.75, 3.05) is 0 Å². The number of pyridine rings is 1. The Morgan fingerprint density at radius 2 is 1.26 bits per heavy atom. The first-order chi connectivity index (χ1) is 16.6. The molecule has 0 aliphatic heterocycles. The van der Waals surface area contributed by atoms with E-state index in [-0.39, 0.29) is 5.92 Å². The third-order valence-corrected chi connectivity index (χ3v) is 5.53. The molecule has 3 nitrogen and oxygen atoms in total. The summed E-state index contributed by atoms with van der Waals surface area (Å²) in [4.78, 5) is 4.58. The lowest BCUT2D eigenvalue weighted by atomic mass is 9.98. The van der Waals surface area contributed by atoms with Gasteiger partial charge in [-0.2, -0.15) is 0 Å². The lowest BCUT2D eigenvalue weighted by Crippen LogP contribution is -2.05. The third-order valence-electron chi connectivity index (χ3n) is 5.53. The Hall–Kier alpha value is -3.85. The Morgan fingerprint density at radius 1 is 0.706 bits per heavy atom. The Bertz CT molecular complexity index is 1170. The van der Waals surface area contributed by atoms with Crippen LogP contribution in [0.3, 0.4) is 0 Å². The fourth-order valence-electron chi connectivity index (χ4n) is 3.83. The molecule has 0 N–H and O–H groups in total. The Labute approximate surface area is 202 Å². The van der Waals surface area contributed by atoms with Gasteiger partial charge in [-0.3, -0.25) is 4.98 Å². The molecule has 0 atom stereocenters. The van der Waals surface area contributed by atoms with Crippen molar-refractivity contribution in [3.63, 3.8) is 0 Å². The van der Waals surface area contributed by atoms with Crippen LogP contribution in [0.15, 0.2) is 91.0 Å². The van der Waals surface area contributed by atoms with Gasteiger partial charge in [0.15, 0.2) is 0 Å². The molecular weight excluding hydrogens is 418 g/mol. The van der Waals surface area contributed by atoms with Crippen molar-refractivity contribution in [3.8, 4) is 11.5 Å². The molecule has 1 aromatic heterocycles. The molecule has 4 rings (SSSR count). The summed E-state index contributed by atoms with van der Waals surface area (Å²) >= 11 is 0. The molecule has 3 aromatic carbocycles. The van der Waals surface area contributed by atoms with Gasteiger partial charge in [-0.1, -0.05) is 86.7 Å². The van der Waals surface area contributed by atoms with Crippen LogP contribution >= 0.6 is 0 Å². The maximum Gasteiger partial charge on any atom is 0.127 e. The van der Waals surface area contributed by atoms with Crippen LogP contribution in [0.5, 0.6) is 11.5 Å². The van der Waals surface area contributed by atoms with Crippen LogP contribution in [0.1, 0.15) is 53.4 Å². The van der Waals surface area contributed by atoms with Crippen molar-refractivity contribution in [3.05, 3.63) is 125 Å². The lowest BCUT2D eigenvalue weighted by Gasteiger charge is -2.20. The minimum Gasteiger partial charge on any atom is -0.488 e. The van der Waals surface area contributed by atoms with Crippen molar-refractivity contribution >= 4 is 12.2 Å². The molecule has 0 amide bonds. The Kier molecular flexibility index (Phi) is 7.77. The fourth-order valence-corrected chi connectivity index (χ4v) is 3.83. The van der Waals surface area contributed by atoms with E-state index >= 15 is 0 Å². The summed E-state index contributed by atoms with van der Waals surface area (Å²) in [6, 6.07) is 30.7.